The smallest absolute Gasteiger partial charge is 0.153 e. The lowest BCUT2D eigenvalue weighted by Crippen LogP contribution is -2.72. The van der Waals surface area contributed by atoms with Crippen molar-refractivity contribution in [2.24, 2.45) is 0 Å². The summed E-state index contributed by atoms with van der Waals surface area (Å²) in [7, 11) is -2.53. The van der Waals surface area contributed by atoms with Crippen molar-refractivity contribution in [2.45, 2.75) is 25.8 Å². The summed E-state index contributed by atoms with van der Waals surface area (Å²) in [6.07, 6.45) is 0. The van der Waals surface area contributed by atoms with E-state index in [0.717, 1.165) is 0 Å². The Hall–Kier alpha value is -5.64. The third-order valence-corrected chi connectivity index (χ3v) is 16.4. The molecule has 0 saturated heterocycles. The predicted molar refractivity (Wildman–Crippen MR) is 212 cm³/mol. The Morgan fingerprint density at radius 2 is 0.898 bits per heavy atom. The van der Waals surface area contributed by atoms with Gasteiger partial charge in [-0.15, -0.1) is 0 Å². The number of rotatable bonds is 5. The van der Waals surface area contributed by atoms with Gasteiger partial charge in [-0.1, -0.05) is 154 Å². The highest BCUT2D eigenvalue weighted by Gasteiger charge is 2.49. The fourth-order valence-corrected chi connectivity index (χ4v) is 14.4. The van der Waals surface area contributed by atoms with Crippen LogP contribution >= 0.6 is 0 Å². The minimum atomic E-state index is -2.53. The first-order valence-electron chi connectivity index (χ1n) is 17.2. The molecule has 9 aromatic rings. The van der Waals surface area contributed by atoms with E-state index in [9.17, 15) is 0 Å². The van der Waals surface area contributed by atoms with E-state index in [1.54, 1.807) is 0 Å². The topological polar surface area (TPSA) is 9.86 Å². The van der Waals surface area contributed by atoms with Gasteiger partial charge in [-0.25, -0.2) is 0 Å². The summed E-state index contributed by atoms with van der Waals surface area (Å²) >= 11 is 0. The standard InChI is InChI=1S/C46H38N2Si/c1-46(2,3)49(34-20-9-5-10-21-34,35-22-11-6-12-23-35)36-30-31-42-39(32-36)37-24-13-15-26-40(37)48(42)44-29-17-28-43-45(44)38-25-14-16-27-41(38)47(43)33-18-7-4-8-19-33/h4-32H,1-3H3. The van der Waals surface area contributed by atoms with Crippen LogP contribution in [0, 0.1) is 0 Å². The third-order valence-electron chi connectivity index (χ3n) is 10.6. The highest BCUT2D eigenvalue weighted by atomic mass is 28.3. The summed E-state index contributed by atoms with van der Waals surface area (Å²) < 4.78 is 4.91. The molecule has 0 N–H and O–H groups in total. The Labute approximate surface area is 288 Å². The van der Waals surface area contributed by atoms with Crippen molar-refractivity contribution in [1.82, 2.24) is 9.13 Å². The molecule has 0 aliphatic rings. The van der Waals surface area contributed by atoms with Gasteiger partial charge in [0.05, 0.1) is 27.8 Å². The monoisotopic (exact) mass is 646 g/mol. The summed E-state index contributed by atoms with van der Waals surface area (Å²) in [5.41, 5.74) is 7.24. The van der Waals surface area contributed by atoms with Crippen LogP contribution < -0.4 is 15.6 Å². The Balaban J connectivity index is 1.38. The molecule has 7 aromatic carbocycles. The van der Waals surface area contributed by atoms with Gasteiger partial charge in [0, 0.05) is 27.2 Å². The zero-order valence-corrected chi connectivity index (χ0v) is 29.1. The fraction of sp³-hybridized carbons (Fsp3) is 0.0870. The van der Waals surface area contributed by atoms with Gasteiger partial charge in [0.1, 0.15) is 0 Å². The molecule has 0 spiro atoms. The number of hydrogen-bond donors (Lipinski definition) is 0. The van der Waals surface area contributed by atoms with Crippen LogP contribution in [-0.2, 0) is 0 Å². The van der Waals surface area contributed by atoms with E-state index in [1.807, 2.05) is 0 Å². The molecule has 0 bridgehead atoms. The van der Waals surface area contributed by atoms with Crippen LogP contribution in [-0.4, -0.2) is 17.2 Å². The minimum Gasteiger partial charge on any atom is -0.309 e. The molecule has 0 radical (unpaired) electrons. The second kappa shape index (κ2) is 11.2. The average Bonchev–Trinajstić information content (AvgIpc) is 3.66. The highest BCUT2D eigenvalue weighted by molar-refractivity contribution is 7.13. The largest absolute Gasteiger partial charge is 0.309 e. The van der Waals surface area contributed by atoms with Gasteiger partial charge in [0.15, 0.2) is 8.07 Å². The van der Waals surface area contributed by atoms with E-state index in [0.29, 0.717) is 0 Å². The lowest BCUT2D eigenvalue weighted by atomic mass is 10.1. The molecule has 3 heteroatoms. The van der Waals surface area contributed by atoms with Crippen molar-refractivity contribution >= 4 is 67.2 Å². The van der Waals surface area contributed by atoms with Gasteiger partial charge in [0.2, 0.25) is 0 Å². The quantitative estimate of drug-likeness (QED) is 0.130. The molecule has 0 fully saturated rings. The van der Waals surface area contributed by atoms with Crippen molar-refractivity contribution in [3.05, 3.63) is 176 Å². The SMILES string of the molecule is CC(C)(C)[Si](c1ccccc1)(c1ccccc1)c1ccc2c(c1)c1ccccc1n2-c1cccc2c1c1ccccc1n2-c1ccccc1. The van der Waals surface area contributed by atoms with E-state index in [4.69, 9.17) is 0 Å². The maximum absolute atomic E-state index is 2.54. The van der Waals surface area contributed by atoms with Crippen LogP contribution in [0.25, 0.3) is 55.0 Å². The molecular formula is C46H38N2Si. The van der Waals surface area contributed by atoms with E-state index in [-0.39, 0.29) is 5.04 Å². The van der Waals surface area contributed by atoms with Gasteiger partial charge in [0.25, 0.3) is 0 Å². The summed E-state index contributed by atoms with van der Waals surface area (Å²) in [6, 6.07) is 65.2. The molecule has 0 amide bonds. The Morgan fingerprint density at radius 3 is 1.53 bits per heavy atom. The number of nitrogens with zero attached hydrogens (tertiary/aromatic N) is 2. The Morgan fingerprint density at radius 1 is 0.388 bits per heavy atom. The molecule has 236 valence electrons. The van der Waals surface area contributed by atoms with E-state index < -0.39 is 8.07 Å². The maximum Gasteiger partial charge on any atom is 0.153 e. The normalized spacial score (nSPS) is 12.4. The van der Waals surface area contributed by atoms with Gasteiger partial charge >= 0.3 is 0 Å². The minimum absolute atomic E-state index is 0.00656. The maximum atomic E-state index is 2.54. The molecule has 0 aliphatic heterocycles. The molecule has 2 nitrogen and oxygen atoms in total. The van der Waals surface area contributed by atoms with E-state index >= 15 is 0 Å². The third kappa shape index (κ3) is 4.32. The molecule has 0 unspecified atom stereocenters. The van der Waals surface area contributed by atoms with Gasteiger partial charge in [-0.3, -0.25) is 0 Å². The summed E-state index contributed by atoms with van der Waals surface area (Å²) in [4.78, 5) is 0. The first kappa shape index (κ1) is 29.5. The zero-order valence-electron chi connectivity index (χ0n) is 28.1. The molecule has 49 heavy (non-hydrogen) atoms. The van der Waals surface area contributed by atoms with Gasteiger partial charge < -0.3 is 9.13 Å². The summed E-state index contributed by atoms with van der Waals surface area (Å²) in [5.74, 6) is 0. The van der Waals surface area contributed by atoms with Crippen molar-refractivity contribution in [1.29, 1.82) is 0 Å². The molecule has 9 rings (SSSR count). The van der Waals surface area contributed by atoms with E-state index in [2.05, 4.69) is 206 Å². The fourth-order valence-electron chi connectivity index (χ4n) is 8.68. The van der Waals surface area contributed by atoms with Crippen LogP contribution in [0.1, 0.15) is 20.8 Å². The van der Waals surface area contributed by atoms with Crippen LogP contribution in [0.15, 0.2) is 176 Å². The Bertz CT molecular complexity index is 2590. The van der Waals surface area contributed by atoms with Crippen LogP contribution in [0.4, 0.5) is 0 Å². The van der Waals surface area contributed by atoms with Crippen molar-refractivity contribution in [3.63, 3.8) is 0 Å². The van der Waals surface area contributed by atoms with Crippen LogP contribution in [0.2, 0.25) is 5.04 Å². The summed E-state index contributed by atoms with van der Waals surface area (Å²) in [6.45, 7) is 7.32. The molecule has 0 aliphatic carbocycles. The second-order valence-electron chi connectivity index (χ2n) is 14.2. The number of fused-ring (bicyclic) bond motifs is 6. The van der Waals surface area contributed by atoms with Gasteiger partial charge in [-0.2, -0.15) is 0 Å². The highest BCUT2D eigenvalue weighted by Crippen LogP contribution is 2.41. The van der Waals surface area contributed by atoms with Crippen molar-refractivity contribution in [3.8, 4) is 11.4 Å². The molecular weight excluding hydrogens is 609 g/mol. The number of aromatic nitrogens is 2. The zero-order chi connectivity index (χ0) is 33.2. The first-order chi connectivity index (χ1) is 24.0. The lowest BCUT2D eigenvalue weighted by molar-refractivity contribution is 0.739. The molecule has 0 atom stereocenters. The van der Waals surface area contributed by atoms with Crippen LogP contribution in [0.3, 0.4) is 0 Å². The first-order valence-corrected chi connectivity index (χ1v) is 19.2. The summed E-state index contributed by atoms with van der Waals surface area (Å²) in [5, 5.41) is 9.42. The average molecular weight is 647 g/mol. The number of hydrogen-bond acceptors (Lipinski definition) is 0. The van der Waals surface area contributed by atoms with E-state index in [1.165, 1.54) is 70.5 Å². The predicted octanol–water partition coefficient (Wildman–Crippen LogP) is 10.2. The molecule has 2 heterocycles. The molecule has 0 saturated carbocycles. The number of benzene rings is 7. The molecule has 2 aromatic heterocycles. The van der Waals surface area contributed by atoms with Crippen LogP contribution in [0.5, 0.6) is 0 Å². The number of para-hydroxylation sites is 3. The van der Waals surface area contributed by atoms with Crippen molar-refractivity contribution in [2.75, 3.05) is 0 Å². The Kier molecular flexibility index (Phi) is 6.75. The van der Waals surface area contributed by atoms with Gasteiger partial charge in [-0.05, 0) is 63.1 Å². The second-order valence-corrected chi connectivity index (χ2v) is 18.9. The van der Waals surface area contributed by atoms with Crippen molar-refractivity contribution < 1.29 is 0 Å². The lowest BCUT2D eigenvalue weighted by Gasteiger charge is -2.44.